The summed E-state index contributed by atoms with van der Waals surface area (Å²) in [4.78, 5) is 25.5. The Kier molecular flexibility index (Phi) is 6.13. The molecule has 0 spiro atoms. The standard InChI is InChI=1S/C21H24N2O5/c1-4-27-21(24)23-14(2)10-17(22-25)16-11-20(19(26-3)12-18(16)23)28-13-15-8-6-5-7-9-15/h5-9,11-12,14,17H,4,10,13H2,1-3H3. The molecule has 7 nitrogen and oxygen atoms in total. The highest BCUT2D eigenvalue weighted by Gasteiger charge is 2.36. The predicted molar refractivity (Wildman–Crippen MR) is 106 cm³/mol. The topological polar surface area (TPSA) is 77.4 Å². The molecule has 1 aliphatic heterocycles. The molecule has 0 bridgehead atoms. The van der Waals surface area contributed by atoms with Gasteiger partial charge >= 0.3 is 6.09 Å². The van der Waals surface area contributed by atoms with E-state index in [9.17, 15) is 9.70 Å². The molecule has 2 unspecified atom stereocenters. The smallest absolute Gasteiger partial charge is 0.414 e. The Morgan fingerprint density at radius 2 is 1.96 bits per heavy atom. The Labute approximate surface area is 164 Å². The van der Waals surface area contributed by atoms with E-state index in [-0.39, 0.29) is 12.6 Å². The summed E-state index contributed by atoms with van der Waals surface area (Å²) < 4.78 is 16.6. The lowest BCUT2D eigenvalue weighted by atomic mass is 9.92. The van der Waals surface area contributed by atoms with Gasteiger partial charge in [0.25, 0.3) is 0 Å². The molecule has 0 N–H and O–H groups in total. The van der Waals surface area contributed by atoms with Crippen LogP contribution in [0.5, 0.6) is 11.5 Å². The molecule has 2 aromatic carbocycles. The SMILES string of the molecule is CCOC(=O)N1c2cc(OC)c(OCc3ccccc3)cc2C(N=O)CC1C. The zero-order valence-electron chi connectivity index (χ0n) is 16.3. The Balaban J connectivity index is 1.98. The molecule has 1 amide bonds. The second-order valence-corrected chi connectivity index (χ2v) is 6.61. The minimum Gasteiger partial charge on any atom is -0.493 e. The third kappa shape index (κ3) is 3.93. The minimum atomic E-state index is -0.569. The molecular weight excluding hydrogens is 360 g/mol. The van der Waals surface area contributed by atoms with Gasteiger partial charge in [-0.05, 0) is 31.9 Å². The molecule has 0 aliphatic carbocycles. The largest absolute Gasteiger partial charge is 0.493 e. The lowest BCUT2D eigenvalue weighted by Gasteiger charge is -2.36. The highest BCUT2D eigenvalue weighted by Crippen LogP contribution is 2.45. The van der Waals surface area contributed by atoms with Crippen LogP contribution in [0.1, 0.15) is 37.4 Å². The van der Waals surface area contributed by atoms with Crippen LogP contribution in [0.3, 0.4) is 0 Å². The van der Waals surface area contributed by atoms with Crippen LogP contribution in [-0.2, 0) is 11.3 Å². The van der Waals surface area contributed by atoms with E-state index in [1.54, 1.807) is 24.0 Å². The molecule has 2 aromatic rings. The molecule has 0 saturated carbocycles. The fraction of sp³-hybridized carbons (Fsp3) is 0.381. The van der Waals surface area contributed by atoms with Crippen molar-refractivity contribution in [3.8, 4) is 11.5 Å². The summed E-state index contributed by atoms with van der Waals surface area (Å²) in [6.07, 6.45) is -0.0413. The molecule has 1 aliphatic rings. The summed E-state index contributed by atoms with van der Waals surface area (Å²) >= 11 is 0. The zero-order valence-corrected chi connectivity index (χ0v) is 16.3. The van der Waals surface area contributed by atoms with Crippen LogP contribution in [0, 0.1) is 4.91 Å². The maximum atomic E-state index is 12.5. The number of hydrogen-bond donors (Lipinski definition) is 0. The van der Waals surface area contributed by atoms with Gasteiger partial charge in [-0.15, -0.1) is 0 Å². The molecule has 28 heavy (non-hydrogen) atoms. The molecule has 0 aromatic heterocycles. The Hall–Kier alpha value is -3.09. The number of benzene rings is 2. The van der Waals surface area contributed by atoms with Crippen LogP contribution in [0.15, 0.2) is 47.6 Å². The maximum absolute atomic E-state index is 12.5. The van der Waals surface area contributed by atoms with Crippen molar-refractivity contribution in [2.45, 2.75) is 39.0 Å². The summed E-state index contributed by atoms with van der Waals surface area (Å²) in [5, 5.41) is 3.27. The van der Waals surface area contributed by atoms with Gasteiger partial charge in [-0.1, -0.05) is 35.5 Å². The number of fused-ring (bicyclic) bond motifs is 1. The first-order valence-corrected chi connectivity index (χ1v) is 9.26. The van der Waals surface area contributed by atoms with Crippen molar-refractivity contribution < 1.29 is 19.0 Å². The molecule has 2 atom stereocenters. The number of carbonyl (C=O) groups is 1. The van der Waals surface area contributed by atoms with Crippen molar-refractivity contribution in [3.05, 3.63) is 58.5 Å². The van der Waals surface area contributed by atoms with E-state index >= 15 is 0 Å². The summed E-state index contributed by atoms with van der Waals surface area (Å²) in [6.45, 7) is 4.24. The third-order valence-corrected chi connectivity index (χ3v) is 4.77. The second kappa shape index (κ2) is 8.73. The quantitative estimate of drug-likeness (QED) is 0.666. The zero-order chi connectivity index (χ0) is 20.1. The van der Waals surface area contributed by atoms with Gasteiger partial charge in [-0.2, -0.15) is 4.91 Å². The highest BCUT2D eigenvalue weighted by molar-refractivity contribution is 5.91. The predicted octanol–water partition coefficient (Wildman–Crippen LogP) is 4.84. The van der Waals surface area contributed by atoms with Crippen LogP contribution < -0.4 is 14.4 Å². The van der Waals surface area contributed by atoms with Gasteiger partial charge in [0.1, 0.15) is 12.6 Å². The summed E-state index contributed by atoms with van der Waals surface area (Å²) in [7, 11) is 1.54. The van der Waals surface area contributed by atoms with E-state index in [1.807, 2.05) is 37.3 Å². The van der Waals surface area contributed by atoms with Crippen LogP contribution in [0.4, 0.5) is 10.5 Å². The van der Waals surface area contributed by atoms with E-state index < -0.39 is 12.1 Å². The average Bonchev–Trinajstić information content (AvgIpc) is 2.71. The Morgan fingerprint density at radius 3 is 2.61 bits per heavy atom. The van der Waals surface area contributed by atoms with E-state index in [1.165, 1.54) is 7.11 Å². The highest BCUT2D eigenvalue weighted by atomic mass is 16.6. The number of rotatable bonds is 6. The van der Waals surface area contributed by atoms with Crippen molar-refractivity contribution in [3.63, 3.8) is 0 Å². The van der Waals surface area contributed by atoms with Crippen molar-refractivity contribution in [2.24, 2.45) is 5.18 Å². The Bertz CT molecular complexity index is 840. The summed E-state index contributed by atoms with van der Waals surface area (Å²) in [6, 6.07) is 12.4. The molecule has 0 saturated heterocycles. The van der Waals surface area contributed by atoms with Crippen LogP contribution in [-0.4, -0.2) is 25.9 Å². The molecule has 148 valence electrons. The van der Waals surface area contributed by atoms with Crippen LogP contribution in [0.25, 0.3) is 0 Å². The van der Waals surface area contributed by atoms with Gasteiger partial charge in [-0.3, -0.25) is 4.90 Å². The lowest BCUT2D eigenvalue weighted by molar-refractivity contribution is 0.156. The van der Waals surface area contributed by atoms with Gasteiger partial charge in [0, 0.05) is 17.7 Å². The van der Waals surface area contributed by atoms with Crippen LogP contribution in [0.2, 0.25) is 0 Å². The van der Waals surface area contributed by atoms with Crippen LogP contribution >= 0.6 is 0 Å². The summed E-state index contributed by atoms with van der Waals surface area (Å²) in [5.41, 5.74) is 2.20. The number of methoxy groups -OCH3 is 1. The first-order chi connectivity index (χ1) is 13.6. The van der Waals surface area contributed by atoms with Crippen molar-refractivity contribution in [2.75, 3.05) is 18.6 Å². The first-order valence-electron chi connectivity index (χ1n) is 9.26. The van der Waals surface area contributed by atoms with E-state index in [4.69, 9.17) is 14.2 Å². The molecule has 0 fully saturated rings. The Morgan fingerprint density at radius 1 is 1.21 bits per heavy atom. The molecular formula is C21H24N2O5. The minimum absolute atomic E-state index is 0.227. The number of ether oxygens (including phenoxy) is 3. The van der Waals surface area contributed by atoms with Gasteiger partial charge in [0.15, 0.2) is 11.5 Å². The second-order valence-electron chi connectivity index (χ2n) is 6.61. The maximum Gasteiger partial charge on any atom is 0.414 e. The van der Waals surface area contributed by atoms with E-state index in [2.05, 4.69) is 5.18 Å². The van der Waals surface area contributed by atoms with Crippen molar-refractivity contribution >= 4 is 11.8 Å². The first kappa shape index (κ1) is 19.7. The number of anilines is 1. The fourth-order valence-electron chi connectivity index (χ4n) is 3.41. The lowest BCUT2D eigenvalue weighted by Crippen LogP contribution is -2.43. The normalized spacial score (nSPS) is 18.2. The summed E-state index contributed by atoms with van der Waals surface area (Å²) in [5.74, 6) is 0.972. The van der Waals surface area contributed by atoms with Gasteiger partial charge in [0.05, 0.1) is 19.4 Å². The number of carbonyl (C=O) groups excluding carboxylic acids is 1. The van der Waals surface area contributed by atoms with Crippen molar-refractivity contribution in [1.82, 2.24) is 0 Å². The van der Waals surface area contributed by atoms with Gasteiger partial charge in [-0.25, -0.2) is 4.79 Å². The van der Waals surface area contributed by atoms with Crippen molar-refractivity contribution in [1.29, 1.82) is 0 Å². The van der Waals surface area contributed by atoms with E-state index in [0.29, 0.717) is 35.8 Å². The van der Waals surface area contributed by atoms with E-state index in [0.717, 1.165) is 5.56 Å². The fourth-order valence-corrected chi connectivity index (χ4v) is 3.41. The third-order valence-electron chi connectivity index (χ3n) is 4.77. The molecule has 3 rings (SSSR count). The van der Waals surface area contributed by atoms with Gasteiger partial charge in [0.2, 0.25) is 0 Å². The molecule has 1 heterocycles. The number of nitrogens with zero attached hydrogens (tertiary/aromatic N) is 2. The number of nitroso groups, excluding NO2 is 1. The average molecular weight is 384 g/mol. The van der Waals surface area contributed by atoms with Gasteiger partial charge < -0.3 is 14.2 Å². The number of hydrogen-bond acceptors (Lipinski definition) is 6. The number of amides is 1. The monoisotopic (exact) mass is 384 g/mol. The molecule has 0 radical (unpaired) electrons. The molecule has 7 heteroatoms.